The van der Waals surface area contributed by atoms with Crippen LogP contribution in [-0.2, 0) is 5.54 Å². The molecule has 1 heterocycles. The highest BCUT2D eigenvalue weighted by molar-refractivity contribution is 5.25. The van der Waals surface area contributed by atoms with Gasteiger partial charge < -0.3 is 5.73 Å². The van der Waals surface area contributed by atoms with Crippen molar-refractivity contribution in [2.24, 2.45) is 5.73 Å². The summed E-state index contributed by atoms with van der Waals surface area (Å²) in [4.78, 5) is 0. The second-order valence-electron chi connectivity index (χ2n) is 3.38. The van der Waals surface area contributed by atoms with Gasteiger partial charge in [-0.1, -0.05) is 30.3 Å². The molecule has 1 aromatic rings. The quantitative estimate of drug-likeness (QED) is 0.651. The first kappa shape index (κ1) is 7.77. The Labute approximate surface area is 72.8 Å². The van der Waals surface area contributed by atoms with Crippen LogP contribution < -0.4 is 11.1 Å². The molecular formula is C10H13N2. The summed E-state index contributed by atoms with van der Waals surface area (Å²) in [6, 6.07) is 10.2. The molecule has 0 aliphatic carbocycles. The molecule has 1 radical (unpaired) electrons. The Hall–Kier alpha value is -0.860. The van der Waals surface area contributed by atoms with Crippen LogP contribution in [0.2, 0.25) is 0 Å². The summed E-state index contributed by atoms with van der Waals surface area (Å²) in [6.45, 7) is 1.68. The molecule has 2 N–H and O–H groups in total. The first-order valence-electron chi connectivity index (χ1n) is 4.29. The van der Waals surface area contributed by atoms with Crippen molar-refractivity contribution < 1.29 is 0 Å². The Morgan fingerprint density at radius 1 is 1.25 bits per heavy atom. The Kier molecular flexibility index (Phi) is 1.87. The Morgan fingerprint density at radius 3 is 2.58 bits per heavy atom. The first-order chi connectivity index (χ1) is 5.81. The maximum absolute atomic E-state index is 6.19. The average Bonchev–Trinajstić information content (AvgIpc) is 2.55. The fourth-order valence-electron chi connectivity index (χ4n) is 1.64. The van der Waals surface area contributed by atoms with E-state index in [1.54, 1.807) is 0 Å². The summed E-state index contributed by atoms with van der Waals surface area (Å²) in [5.74, 6) is 0. The van der Waals surface area contributed by atoms with E-state index in [2.05, 4.69) is 17.4 Å². The number of hydrogen-bond acceptors (Lipinski definition) is 1. The molecule has 1 aliphatic heterocycles. The van der Waals surface area contributed by atoms with E-state index in [0.717, 1.165) is 19.5 Å². The summed E-state index contributed by atoms with van der Waals surface area (Å²) in [5, 5.41) is 4.29. The zero-order valence-electron chi connectivity index (χ0n) is 7.03. The van der Waals surface area contributed by atoms with E-state index >= 15 is 0 Å². The van der Waals surface area contributed by atoms with Crippen molar-refractivity contribution in [1.29, 1.82) is 0 Å². The SMILES string of the molecule is NC1(c2ccccc2)CC[N]C1. The molecule has 0 saturated carbocycles. The fraction of sp³-hybridized carbons (Fsp3) is 0.400. The molecule has 63 valence electrons. The molecule has 0 aromatic heterocycles. The Morgan fingerprint density at radius 2 is 2.00 bits per heavy atom. The second kappa shape index (κ2) is 2.88. The summed E-state index contributed by atoms with van der Waals surface area (Å²) >= 11 is 0. The first-order valence-corrected chi connectivity index (χ1v) is 4.29. The van der Waals surface area contributed by atoms with Crippen LogP contribution >= 0.6 is 0 Å². The molecule has 2 nitrogen and oxygen atoms in total. The maximum atomic E-state index is 6.19. The molecule has 0 spiro atoms. The number of hydrogen-bond donors (Lipinski definition) is 1. The second-order valence-corrected chi connectivity index (χ2v) is 3.38. The van der Waals surface area contributed by atoms with Gasteiger partial charge in [0.1, 0.15) is 0 Å². The van der Waals surface area contributed by atoms with Crippen LogP contribution in [0.1, 0.15) is 12.0 Å². The van der Waals surface area contributed by atoms with Crippen LogP contribution in [-0.4, -0.2) is 13.1 Å². The third-order valence-corrected chi connectivity index (χ3v) is 2.46. The van der Waals surface area contributed by atoms with Crippen molar-refractivity contribution in [2.75, 3.05) is 13.1 Å². The molecule has 0 bridgehead atoms. The van der Waals surface area contributed by atoms with E-state index in [1.807, 2.05) is 18.2 Å². The maximum Gasteiger partial charge on any atom is 0.0565 e. The van der Waals surface area contributed by atoms with Gasteiger partial charge in [0, 0.05) is 13.1 Å². The summed E-state index contributed by atoms with van der Waals surface area (Å²) in [6.07, 6.45) is 0.983. The van der Waals surface area contributed by atoms with Crippen molar-refractivity contribution in [3.8, 4) is 0 Å². The summed E-state index contributed by atoms with van der Waals surface area (Å²) < 4.78 is 0. The Bertz CT molecular complexity index is 250. The van der Waals surface area contributed by atoms with E-state index in [9.17, 15) is 0 Å². The van der Waals surface area contributed by atoms with Crippen molar-refractivity contribution in [1.82, 2.24) is 5.32 Å². The van der Waals surface area contributed by atoms with Crippen molar-refractivity contribution in [3.05, 3.63) is 35.9 Å². The highest BCUT2D eigenvalue weighted by Crippen LogP contribution is 2.24. The minimum Gasteiger partial charge on any atom is -0.320 e. The van der Waals surface area contributed by atoms with Gasteiger partial charge in [-0.25, -0.2) is 5.32 Å². The van der Waals surface area contributed by atoms with E-state index in [-0.39, 0.29) is 5.54 Å². The molecule has 0 amide bonds. The van der Waals surface area contributed by atoms with Crippen LogP contribution in [0.3, 0.4) is 0 Å². The number of nitrogens with two attached hydrogens (primary N) is 1. The lowest BCUT2D eigenvalue weighted by Crippen LogP contribution is -2.37. The van der Waals surface area contributed by atoms with Gasteiger partial charge in [0.15, 0.2) is 0 Å². The van der Waals surface area contributed by atoms with Crippen molar-refractivity contribution >= 4 is 0 Å². The zero-order valence-corrected chi connectivity index (χ0v) is 7.03. The molecule has 12 heavy (non-hydrogen) atoms. The predicted molar refractivity (Wildman–Crippen MR) is 48.8 cm³/mol. The number of benzene rings is 1. The highest BCUT2D eigenvalue weighted by atomic mass is 15.0. The highest BCUT2D eigenvalue weighted by Gasteiger charge is 2.31. The molecular weight excluding hydrogens is 148 g/mol. The van der Waals surface area contributed by atoms with Crippen molar-refractivity contribution in [2.45, 2.75) is 12.0 Å². The van der Waals surface area contributed by atoms with Gasteiger partial charge in [-0.2, -0.15) is 0 Å². The van der Waals surface area contributed by atoms with Crippen LogP contribution in [0.15, 0.2) is 30.3 Å². The summed E-state index contributed by atoms with van der Waals surface area (Å²) in [5.41, 5.74) is 7.22. The van der Waals surface area contributed by atoms with E-state index in [0.29, 0.717) is 0 Å². The van der Waals surface area contributed by atoms with Gasteiger partial charge in [0.2, 0.25) is 0 Å². The molecule has 1 saturated heterocycles. The lowest BCUT2D eigenvalue weighted by molar-refractivity contribution is 0.493. The number of nitrogens with zero attached hydrogens (tertiary/aromatic N) is 1. The van der Waals surface area contributed by atoms with Crippen molar-refractivity contribution in [3.63, 3.8) is 0 Å². The van der Waals surface area contributed by atoms with Crippen LogP contribution in [0.25, 0.3) is 0 Å². The van der Waals surface area contributed by atoms with Gasteiger partial charge in [-0.3, -0.25) is 0 Å². The standard InChI is InChI=1S/C10H13N2/c11-10(6-7-12-8-10)9-4-2-1-3-5-9/h1-5H,6-8,11H2. The van der Waals surface area contributed by atoms with E-state index in [4.69, 9.17) is 5.73 Å². The fourth-order valence-corrected chi connectivity index (χ4v) is 1.64. The van der Waals surface area contributed by atoms with Gasteiger partial charge >= 0.3 is 0 Å². The van der Waals surface area contributed by atoms with Crippen LogP contribution in [0.4, 0.5) is 0 Å². The third kappa shape index (κ3) is 1.24. The Balaban J connectivity index is 2.29. The predicted octanol–water partition coefficient (Wildman–Crippen LogP) is 0.849. The number of rotatable bonds is 1. The molecule has 2 heteroatoms. The van der Waals surface area contributed by atoms with Gasteiger partial charge in [-0.15, -0.1) is 0 Å². The van der Waals surface area contributed by atoms with Crippen LogP contribution in [0, 0.1) is 0 Å². The average molecular weight is 161 g/mol. The van der Waals surface area contributed by atoms with Crippen LogP contribution in [0.5, 0.6) is 0 Å². The third-order valence-electron chi connectivity index (χ3n) is 2.46. The zero-order chi connectivity index (χ0) is 8.44. The van der Waals surface area contributed by atoms with Gasteiger partial charge in [0.05, 0.1) is 5.54 Å². The summed E-state index contributed by atoms with van der Waals surface area (Å²) in [7, 11) is 0. The topological polar surface area (TPSA) is 40.1 Å². The van der Waals surface area contributed by atoms with Gasteiger partial charge in [0.25, 0.3) is 0 Å². The lowest BCUT2D eigenvalue weighted by atomic mass is 9.90. The van der Waals surface area contributed by atoms with E-state index < -0.39 is 0 Å². The lowest BCUT2D eigenvalue weighted by Gasteiger charge is -2.22. The normalized spacial score (nSPS) is 29.1. The molecule has 2 rings (SSSR count). The smallest absolute Gasteiger partial charge is 0.0565 e. The largest absolute Gasteiger partial charge is 0.320 e. The van der Waals surface area contributed by atoms with Gasteiger partial charge in [-0.05, 0) is 12.0 Å². The molecule has 1 fully saturated rings. The minimum atomic E-state index is -0.179. The monoisotopic (exact) mass is 161 g/mol. The molecule has 1 aromatic carbocycles. The van der Waals surface area contributed by atoms with E-state index in [1.165, 1.54) is 5.56 Å². The molecule has 1 aliphatic rings. The molecule has 1 unspecified atom stereocenters. The molecule has 1 atom stereocenters. The minimum absolute atomic E-state index is 0.179.